The van der Waals surface area contributed by atoms with Crippen LogP contribution in [-0.2, 0) is 98.4 Å². The van der Waals surface area contributed by atoms with Gasteiger partial charge in [0.15, 0.2) is 12.6 Å². The van der Waals surface area contributed by atoms with Gasteiger partial charge in [0, 0.05) is 7.11 Å². The molecule has 7 aromatic carbocycles. The Morgan fingerprint density at radius 2 is 0.610 bits per heavy atom. The molecule has 0 unspecified atom stereocenters. The highest BCUT2D eigenvalue weighted by atomic mass is 16.7. The molecule has 11 nitrogen and oxygen atoms in total. The maximum absolute atomic E-state index is 7.19. The molecule has 0 spiro atoms. The summed E-state index contributed by atoms with van der Waals surface area (Å²) in [5.41, 5.74) is 11.6. The topological polar surface area (TPSA) is 102 Å². The van der Waals surface area contributed by atoms with Crippen molar-refractivity contribution in [2.75, 3.05) is 20.3 Å². The fourth-order valence-electron chi connectivity index (χ4n) is 10.1. The zero-order chi connectivity index (χ0) is 53.2. The Morgan fingerprint density at radius 1 is 0.299 bits per heavy atom. The summed E-state index contributed by atoms with van der Waals surface area (Å²) in [4.78, 5) is 0. The van der Waals surface area contributed by atoms with E-state index in [0.29, 0.717) is 26.4 Å². The van der Waals surface area contributed by atoms with Gasteiger partial charge >= 0.3 is 0 Å². The van der Waals surface area contributed by atoms with Crippen molar-refractivity contribution in [3.05, 3.63) is 249 Å². The van der Waals surface area contributed by atoms with E-state index in [4.69, 9.17) is 52.1 Å². The number of aryl methyl sites for hydroxylation is 4. The van der Waals surface area contributed by atoms with Crippen LogP contribution >= 0.6 is 0 Å². The van der Waals surface area contributed by atoms with Crippen LogP contribution in [0.3, 0.4) is 0 Å². The van der Waals surface area contributed by atoms with Crippen molar-refractivity contribution in [1.82, 2.24) is 0 Å². The summed E-state index contributed by atoms with van der Waals surface area (Å²) < 4.78 is 76.0. The van der Waals surface area contributed by atoms with Crippen LogP contribution in [0.2, 0.25) is 0 Å². The largest absolute Gasteiger partial charge is 0.374 e. The van der Waals surface area contributed by atoms with E-state index >= 15 is 0 Å². The summed E-state index contributed by atoms with van der Waals surface area (Å²) in [6, 6.07) is 63.5. The standard InChI is InChI=1S/C66H74O11/c1-46-19-15-29-53(33-46)37-68-44-57-59(70-41-54-30-16-20-47(2)34-54)62(72-42-55-31-17-21-48(3)35-55)64(74-43-56-32-18-22-49(4)36-56)66(77-57)75-45-58-60(69-38-50-23-9-6-10-24-50)61(71-39-51-25-11-7-12-26-51)63(65(67-5)76-58)73-40-52-27-13-8-14-28-52/h6-36,57-66H,37-45H2,1-5H3/t57-,58-,59-,60-,61+,62+,63-,64-,65+,66+/m1/s1. The normalized spacial score (nSPS) is 23.4. The molecule has 7 aromatic rings. The van der Waals surface area contributed by atoms with Crippen LogP contribution in [0, 0.1) is 27.7 Å². The Hall–Kier alpha value is -5.90. The Bertz CT molecular complexity index is 2830. The van der Waals surface area contributed by atoms with E-state index in [9.17, 15) is 0 Å². The maximum atomic E-state index is 7.19. The van der Waals surface area contributed by atoms with Gasteiger partial charge in [-0.05, 0) is 66.6 Å². The summed E-state index contributed by atoms with van der Waals surface area (Å²) in [7, 11) is 1.62. The first-order valence-corrected chi connectivity index (χ1v) is 26.8. The first-order valence-electron chi connectivity index (χ1n) is 26.8. The van der Waals surface area contributed by atoms with E-state index in [0.717, 1.165) is 61.2 Å². The van der Waals surface area contributed by atoms with Gasteiger partial charge in [-0.3, -0.25) is 0 Å². The number of hydrogen-bond acceptors (Lipinski definition) is 11. The minimum atomic E-state index is -1.01. The minimum Gasteiger partial charge on any atom is -0.374 e. The molecule has 2 aliphatic heterocycles. The third-order valence-electron chi connectivity index (χ3n) is 13.9. The summed E-state index contributed by atoms with van der Waals surface area (Å²) in [6.07, 6.45) is -7.56. The van der Waals surface area contributed by atoms with Crippen molar-refractivity contribution in [3.8, 4) is 0 Å². The lowest BCUT2D eigenvalue weighted by Gasteiger charge is -2.48. The molecule has 2 aliphatic rings. The molecule has 404 valence electrons. The molecule has 0 saturated carbocycles. The van der Waals surface area contributed by atoms with Crippen LogP contribution in [0.4, 0.5) is 0 Å². The van der Waals surface area contributed by atoms with E-state index in [1.54, 1.807) is 7.11 Å². The summed E-state index contributed by atoms with van der Waals surface area (Å²) in [6.45, 7) is 10.5. The van der Waals surface area contributed by atoms with Crippen LogP contribution in [0.5, 0.6) is 0 Å². The third-order valence-corrected chi connectivity index (χ3v) is 13.9. The molecule has 2 saturated heterocycles. The van der Waals surface area contributed by atoms with Gasteiger partial charge in [0.25, 0.3) is 0 Å². The van der Waals surface area contributed by atoms with Gasteiger partial charge < -0.3 is 52.1 Å². The molecule has 0 aromatic heterocycles. The van der Waals surface area contributed by atoms with Crippen molar-refractivity contribution >= 4 is 0 Å². The summed E-state index contributed by atoms with van der Waals surface area (Å²) in [5, 5.41) is 0. The molecule has 2 fully saturated rings. The van der Waals surface area contributed by atoms with E-state index < -0.39 is 61.4 Å². The molecule has 0 radical (unpaired) electrons. The number of hydrogen-bond donors (Lipinski definition) is 0. The van der Waals surface area contributed by atoms with Gasteiger partial charge in [-0.1, -0.05) is 210 Å². The zero-order valence-electron chi connectivity index (χ0n) is 45.0. The molecule has 0 N–H and O–H groups in total. The molecular formula is C66H74O11. The molecule has 0 amide bonds. The maximum Gasteiger partial charge on any atom is 0.187 e. The fourth-order valence-corrected chi connectivity index (χ4v) is 10.1. The van der Waals surface area contributed by atoms with Crippen LogP contribution in [0.1, 0.15) is 61.2 Å². The lowest BCUT2D eigenvalue weighted by atomic mass is 9.96. The summed E-state index contributed by atoms with van der Waals surface area (Å²) >= 11 is 0. The second kappa shape index (κ2) is 28.6. The van der Waals surface area contributed by atoms with Crippen LogP contribution in [-0.4, -0.2) is 81.7 Å². The lowest BCUT2D eigenvalue weighted by Crippen LogP contribution is -2.64. The number of benzene rings is 7. The molecule has 2 heterocycles. The third kappa shape index (κ3) is 16.3. The van der Waals surface area contributed by atoms with Gasteiger partial charge in [0.05, 0.1) is 59.5 Å². The average Bonchev–Trinajstić information content (AvgIpc) is 3.45. The fraction of sp³-hybridized carbons (Fsp3) is 0.364. The Labute approximate surface area is 455 Å². The average molecular weight is 1040 g/mol. The highest BCUT2D eigenvalue weighted by molar-refractivity contribution is 5.25. The highest BCUT2D eigenvalue weighted by Gasteiger charge is 2.52. The zero-order valence-corrected chi connectivity index (χ0v) is 45.0. The quantitative estimate of drug-likeness (QED) is 0.0518. The molecule has 0 bridgehead atoms. The van der Waals surface area contributed by atoms with E-state index in [2.05, 4.69) is 100 Å². The Morgan fingerprint density at radius 3 is 1.00 bits per heavy atom. The Kier molecular flexibility index (Phi) is 20.8. The first-order chi connectivity index (χ1) is 37.7. The van der Waals surface area contributed by atoms with Crippen molar-refractivity contribution < 1.29 is 52.1 Å². The molecule has 10 atom stereocenters. The lowest BCUT2D eigenvalue weighted by molar-refractivity contribution is -0.351. The van der Waals surface area contributed by atoms with Gasteiger partial charge in [-0.25, -0.2) is 0 Å². The number of ether oxygens (including phenoxy) is 11. The van der Waals surface area contributed by atoms with Crippen molar-refractivity contribution in [1.29, 1.82) is 0 Å². The molecule has 77 heavy (non-hydrogen) atoms. The van der Waals surface area contributed by atoms with Crippen LogP contribution in [0.25, 0.3) is 0 Å². The predicted octanol–water partition coefficient (Wildman–Crippen LogP) is 12.1. The first kappa shape index (κ1) is 55.8. The Balaban J connectivity index is 1.07. The van der Waals surface area contributed by atoms with Crippen LogP contribution < -0.4 is 0 Å². The number of rotatable bonds is 26. The monoisotopic (exact) mass is 1040 g/mol. The number of methoxy groups -OCH3 is 1. The second-order valence-electron chi connectivity index (χ2n) is 20.2. The van der Waals surface area contributed by atoms with Crippen molar-refractivity contribution in [3.63, 3.8) is 0 Å². The van der Waals surface area contributed by atoms with E-state index in [1.165, 1.54) is 0 Å². The van der Waals surface area contributed by atoms with E-state index in [-0.39, 0.29) is 33.0 Å². The van der Waals surface area contributed by atoms with Gasteiger partial charge in [0.1, 0.15) is 48.8 Å². The SMILES string of the molecule is CO[C@H]1O[C@H](CO[C@H]2O[C@H](COCc3cccc(C)c3)[C@@H](OCc3cccc(C)c3)[C@H](OCc3cccc(C)c3)[C@H]2OCc2cccc(C)c2)[C@@H](OCc2ccccc2)[C@H](OCc2ccccc2)[C@H]1OCc1ccccc1. The van der Waals surface area contributed by atoms with Crippen LogP contribution in [0.15, 0.2) is 188 Å². The molecule has 0 aliphatic carbocycles. The van der Waals surface area contributed by atoms with Gasteiger partial charge in [-0.2, -0.15) is 0 Å². The van der Waals surface area contributed by atoms with Crippen molar-refractivity contribution in [2.45, 2.75) is 135 Å². The predicted molar refractivity (Wildman–Crippen MR) is 295 cm³/mol. The summed E-state index contributed by atoms with van der Waals surface area (Å²) in [5.74, 6) is 0. The van der Waals surface area contributed by atoms with Crippen molar-refractivity contribution in [2.24, 2.45) is 0 Å². The molecule has 9 rings (SSSR count). The van der Waals surface area contributed by atoms with Gasteiger partial charge in [-0.15, -0.1) is 0 Å². The van der Waals surface area contributed by atoms with E-state index in [1.807, 2.05) is 115 Å². The highest BCUT2D eigenvalue weighted by Crippen LogP contribution is 2.35. The molecule has 11 heteroatoms. The second-order valence-corrected chi connectivity index (χ2v) is 20.2. The van der Waals surface area contributed by atoms with Gasteiger partial charge in [0.2, 0.25) is 0 Å². The molecular weight excluding hydrogens is 969 g/mol. The minimum absolute atomic E-state index is 0.0127. The smallest absolute Gasteiger partial charge is 0.187 e.